The minimum atomic E-state index is -0.692. The van der Waals surface area contributed by atoms with Crippen molar-refractivity contribution in [2.24, 2.45) is 5.41 Å². The van der Waals surface area contributed by atoms with Crippen LogP contribution < -0.4 is 0 Å². The summed E-state index contributed by atoms with van der Waals surface area (Å²) in [4.78, 5) is 13.8. The largest absolute Gasteiger partial charge is 0.344 e. The Hall–Kier alpha value is -1.04. The molecule has 1 aliphatic rings. The lowest BCUT2D eigenvalue weighted by atomic mass is 9.86. The third-order valence-electron chi connectivity index (χ3n) is 3.27. The van der Waals surface area contributed by atoms with Gasteiger partial charge in [0.15, 0.2) is 0 Å². The molecule has 15 heavy (non-hydrogen) atoms. The van der Waals surface area contributed by atoms with Crippen LogP contribution >= 0.6 is 0 Å². The van der Waals surface area contributed by atoms with Crippen molar-refractivity contribution in [3.63, 3.8) is 0 Å². The highest BCUT2D eigenvalue weighted by Crippen LogP contribution is 2.38. The highest BCUT2D eigenvalue weighted by molar-refractivity contribution is 5.85. The highest BCUT2D eigenvalue weighted by Gasteiger charge is 2.42. The molecule has 0 aromatic rings. The summed E-state index contributed by atoms with van der Waals surface area (Å²) in [6, 6.07) is 2.24. The predicted molar refractivity (Wildman–Crippen MR) is 59.1 cm³/mol. The fourth-order valence-corrected chi connectivity index (χ4v) is 2.21. The van der Waals surface area contributed by atoms with Crippen molar-refractivity contribution < 1.29 is 4.79 Å². The second-order valence-electron chi connectivity index (χ2n) is 4.48. The van der Waals surface area contributed by atoms with E-state index in [1.807, 2.05) is 7.05 Å². The van der Waals surface area contributed by atoms with Crippen LogP contribution in [0.15, 0.2) is 0 Å². The van der Waals surface area contributed by atoms with Gasteiger partial charge in [-0.3, -0.25) is 4.79 Å². The lowest BCUT2D eigenvalue weighted by Crippen LogP contribution is -2.40. The first-order valence-electron chi connectivity index (χ1n) is 5.83. The van der Waals surface area contributed by atoms with Crippen molar-refractivity contribution in [2.75, 3.05) is 13.6 Å². The van der Waals surface area contributed by atoms with Crippen molar-refractivity contribution in [2.45, 2.75) is 45.4 Å². The van der Waals surface area contributed by atoms with Crippen LogP contribution in [0.5, 0.6) is 0 Å². The quantitative estimate of drug-likeness (QED) is 0.711. The van der Waals surface area contributed by atoms with E-state index in [4.69, 9.17) is 5.26 Å². The number of nitrogens with zero attached hydrogens (tertiary/aromatic N) is 2. The second kappa shape index (κ2) is 5.16. The minimum Gasteiger partial charge on any atom is -0.344 e. The molecular weight excluding hydrogens is 188 g/mol. The molecule has 1 fully saturated rings. The van der Waals surface area contributed by atoms with E-state index in [0.29, 0.717) is 0 Å². The number of unbranched alkanes of at least 4 members (excludes halogenated alkanes) is 1. The van der Waals surface area contributed by atoms with Crippen molar-refractivity contribution in [1.82, 2.24) is 4.90 Å². The molecule has 0 saturated heterocycles. The summed E-state index contributed by atoms with van der Waals surface area (Å²) < 4.78 is 0. The summed E-state index contributed by atoms with van der Waals surface area (Å²) in [5, 5.41) is 9.16. The van der Waals surface area contributed by atoms with Gasteiger partial charge in [0.05, 0.1) is 6.07 Å². The molecule has 0 unspecified atom stereocenters. The van der Waals surface area contributed by atoms with Crippen LogP contribution in [0.4, 0.5) is 0 Å². The van der Waals surface area contributed by atoms with E-state index in [2.05, 4.69) is 13.0 Å². The SMILES string of the molecule is CCCCN(C)C(=O)C1(C#N)CCCC1. The van der Waals surface area contributed by atoms with E-state index < -0.39 is 5.41 Å². The Morgan fingerprint density at radius 3 is 2.53 bits per heavy atom. The molecule has 0 aromatic carbocycles. The van der Waals surface area contributed by atoms with Gasteiger partial charge in [-0.25, -0.2) is 0 Å². The molecule has 0 N–H and O–H groups in total. The third-order valence-corrected chi connectivity index (χ3v) is 3.27. The number of carbonyl (C=O) groups excluding carboxylic acids is 1. The van der Waals surface area contributed by atoms with Crippen molar-refractivity contribution in [1.29, 1.82) is 5.26 Å². The summed E-state index contributed by atoms with van der Waals surface area (Å²) >= 11 is 0. The Labute approximate surface area is 92.1 Å². The van der Waals surface area contributed by atoms with Gasteiger partial charge in [0.2, 0.25) is 5.91 Å². The van der Waals surface area contributed by atoms with E-state index in [1.165, 1.54) is 0 Å². The number of hydrogen-bond donors (Lipinski definition) is 0. The van der Waals surface area contributed by atoms with Crippen molar-refractivity contribution in [3.8, 4) is 6.07 Å². The predicted octanol–water partition coefficient (Wildman–Crippen LogP) is 2.33. The van der Waals surface area contributed by atoms with Gasteiger partial charge in [-0.2, -0.15) is 5.26 Å². The number of nitriles is 1. The molecule has 0 aromatic heterocycles. The number of hydrogen-bond acceptors (Lipinski definition) is 2. The maximum absolute atomic E-state index is 12.1. The first-order chi connectivity index (χ1) is 7.16. The lowest BCUT2D eigenvalue weighted by Gasteiger charge is -2.26. The van der Waals surface area contributed by atoms with Crippen LogP contribution in [-0.2, 0) is 4.79 Å². The van der Waals surface area contributed by atoms with E-state index in [0.717, 1.165) is 45.1 Å². The fraction of sp³-hybridized carbons (Fsp3) is 0.833. The van der Waals surface area contributed by atoms with Gasteiger partial charge >= 0.3 is 0 Å². The number of rotatable bonds is 4. The second-order valence-corrected chi connectivity index (χ2v) is 4.48. The number of amides is 1. The topological polar surface area (TPSA) is 44.1 Å². The maximum Gasteiger partial charge on any atom is 0.242 e. The van der Waals surface area contributed by atoms with Crippen LogP contribution in [0.2, 0.25) is 0 Å². The molecule has 1 saturated carbocycles. The Bertz CT molecular complexity index is 261. The molecule has 1 rings (SSSR count). The summed E-state index contributed by atoms with van der Waals surface area (Å²) in [6.45, 7) is 2.88. The van der Waals surface area contributed by atoms with Crippen LogP contribution in [0.25, 0.3) is 0 Å². The van der Waals surface area contributed by atoms with E-state index in [-0.39, 0.29) is 5.91 Å². The Morgan fingerprint density at radius 1 is 1.47 bits per heavy atom. The van der Waals surface area contributed by atoms with Gasteiger partial charge < -0.3 is 4.90 Å². The first-order valence-corrected chi connectivity index (χ1v) is 5.83. The fourth-order valence-electron chi connectivity index (χ4n) is 2.21. The zero-order chi connectivity index (χ0) is 11.3. The van der Waals surface area contributed by atoms with E-state index >= 15 is 0 Å². The maximum atomic E-state index is 12.1. The van der Waals surface area contributed by atoms with Crippen molar-refractivity contribution >= 4 is 5.91 Å². The zero-order valence-corrected chi connectivity index (χ0v) is 9.75. The summed E-state index contributed by atoms with van der Waals surface area (Å²) in [5.74, 6) is 0.0379. The summed E-state index contributed by atoms with van der Waals surface area (Å²) in [7, 11) is 1.81. The van der Waals surface area contributed by atoms with Crippen LogP contribution in [0.3, 0.4) is 0 Å². The Balaban J connectivity index is 2.61. The van der Waals surface area contributed by atoms with Gasteiger partial charge in [-0.1, -0.05) is 26.2 Å². The van der Waals surface area contributed by atoms with Gasteiger partial charge in [0.1, 0.15) is 5.41 Å². The van der Waals surface area contributed by atoms with Crippen LogP contribution in [-0.4, -0.2) is 24.4 Å². The average Bonchev–Trinajstić information content (AvgIpc) is 2.74. The molecule has 1 amide bonds. The van der Waals surface area contributed by atoms with Crippen LogP contribution in [0.1, 0.15) is 45.4 Å². The van der Waals surface area contributed by atoms with E-state index in [9.17, 15) is 4.79 Å². The third kappa shape index (κ3) is 2.50. The monoisotopic (exact) mass is 208 g/mol. The summed E-state index contributed by atoms with van der Waals surface area (Å²) in [5.41, 5.74) is -0.692. The van der Waals surface area contributed by atoms with Gasteiger partial charge in [0.25, 0.3) is 0 Å². The standard InChI is InChI=1S/C12H20N2O/c1-3-4-9-14(2)11(15)12(10-13)7-5-6-8-12/h3-9H2,1-2H3. The minimum absolute atomic E-state index is 0.0379. The van der Waals surface area contributed by atoms with Crippen LogP contribution in [0, 0.1) is 16.7 Å². The van der Waals surface area contributed by atoms with Crippen molar-refractivity contribution in [3.05, 3.63) is 0 Å². The zero-order valence-electron chi connectivity index (χ0n) is 9.75. The lowest BCUT2D eigenvalue weighted by molar-refractivity contribution is -0.137. The molecular formula is C12H20N2O. The molecule has 3 heteroatoms. The van der Waals surface area contributed by atoms with Gasteiger partial charge in [0, 0.05) is 13.6 Å². The molecule has 1 aliphatic carbocycles. The molecule has 0 atom stereocenters. The number of carbonyl (C=O) groups is 1. The van der Waals surface area contributed by atoms with Gasteiger partial charge in [-0.05, 0) is 19.3 Å². The normalized spacial score (nSPS) is 18.5. The molecule has 0 radical (unpaired) electrons. The molecule has 84 valence electrons. The molecule has 0 bridgehead atoms. The molecule has 3 nitrogen and oxygen atoms in total. The average molecular weight is 208 g/mol. The molecule has 0 aliphatic heterocycles. The smallest absolute Gasteiger partial charge is 0.242 e. The first kappa shape index (κ1) is 12.0. The Morgan fingerprint density at radius 2 is 2.07 bits per heavy atom. The molecule has 0 heterocycles. The highest BCUT2D eigenvalue weighted by atomic mass is 16.2. The van der Waals surface area contributed by atoms with Gasteiger partial charge in [-0.15, -0.1) is 0 Å². The van der Waals surface area contributed by atoms with E-state index in [1.54, 1.807) is 4.90 Å². The Kier molecular flexibility index (Phi) is 4.14. The summed E-state index contributed by atoms with van der Waals surface area (Å²) in [6.07, 6.45) is 5.63. The molecule has 0 spiro atoms.